The zero-order chi connectivity index (χ0) is 21.8. The van der Waals surface area contributed by atoms with Crippen LogP contribution in [0.2, 0.25) is 0 Å². The molecule has 3 fully saturated rings. The molecule has 1 aromatic carbocycles. The van der Waals surface area contributed by atoms with Crippen molar-refractivity contribution in [3.8, 4) is 0 Å². The second-order valence-electron chi connectivity index (χ2n) is 8.99. The number of aliphatic hydroxyl groups is 1. The maximum Gasteiger partial charge on any atom is 0.267 e. The molecule has 1 aromatic heterocycles. The summed E-state index contributed by atoms with van der Waals surface area (Å²) in [7, 11) is 0. The maximum atomic E-state index is 13.1. The van der Waals surface area contributed by atoms with Crippen molar-refractivity contribution in [2.75, 3.05) is 32.8 Å². The highest BCUT2D eigenvalue weighted by atomic mass is 32.1. The summed E-state index contributed by atoms with van der Waals surface area (Å²) in [5.74, 6) is -0.126. The molecule has 8 nitrogen and oxygen atoms in total. The van der Waals surface area contributed by atoms with Gasteiger partial charge in [-0.25, -0.2) is 0 Å². The van der Waals surface area contributed by atoms with E-state index in [0.29, 0.717) is 43.2 Å². The normalized spacial score (nSPS) is 29.3. The Labute approximate surface area is 185 Å². The van der Waals surface area contributed by atoms with Crippen LogP contribution in [0.1, 0.15) is 26.5 Å². The Bertz CT molecular complexity index is 1030. The molecule has 2 aromatic rings. The van der Waals surface area contributed by atoms with Crippen LogP contribution in [0.3, 0.4) is 0 Å². The van der Waals surface area contributed by atoms with E-state index in [0.717, 1.165) is 22.7 Å². The van der Waals surface area contributed by atoms with Crippen molar-refractivity contribution in [3.63, 3.8) is 0 Å². The van der Waals surface area contributed by atoms with Crippen molar-refractivity contribution in [3.05, 3.63) is 46.0 Å². The molecule has 0 radical (unpaired) electrons. The minimum absolute atomic E-state index is 0.00408. The number of nitrogens with zero attached hydrogens (tertiary/aromatic N) is 4. The van der Waals surface area contributed by atoms with Gasteiger partial charge in [0.1, 0.15) is 10.5 Å². The molecular weight excluding hydrogens is 416 g/mol. The zero-order valence-electron chi connectivity index (χ0n) is 17.7. The standard InChI is InChI=1S/C22H26N4O4S/c1-13-4-3-5-15(6-13)7-19(28)25-9-18-16(10-27)17-8-26(12-22(17,11-25)30-18)21(29)20-14(2)23-24-31-20/h3-6,16-18,27H,7-12H2,1-2H3/t16-,17+,18+,22+/m0/s1. The summed E-state index contributed by atoms with van der Waals surface area (Å²) in [6.07, 6.45) is 0.141. The minimum atomic E-state index is -0.625. The number of rotatable bonds is 4. The molecule has 3 aliphatic heterocycles. The lowest BCUT2D eigenvalue weighted by Gasteiger charge is -2.40. The number of aromatic nitrogens is 2. The number of hydrogen-bond acceptors (Lipinski definition) is 7. The molecule has 2 amide bonds. The number of benzene rings is 1. The third-order valence-corrected chi connectivity index (χ3v) is 7.74. The largest absolute Gasteiger partial charge is 0.396 e. The van der Waals surface area contributed by atoms with Crippen molar-refractivity contribution < 1.29 is 19.4 Å². The van der Waals surface area contributed by atoms with Crippen molar-refractivity contribution in [1.29, 1.82) is 0 Å². The molecule has 5 rings (SSSR count). The summed E-state index contributed by atoms with van der Waals surface area (Å²) in [5.41, 5.74) is 2.12. The molecule has 0 unspecified atom stereocenters. The third-order valence-electron chi connectivity index (χ3n) is 6.92. The van der Waals surface area contributed by atoms with E-state index >= 15 is 0 Å². The van der Waals surface area contributed by atoms with Crippen LogP contribution in [0.25, 0.3) is 0 Å². The molecule has 9 heteroatoms. The Morgan fingerprint density at radius 3 is 2.77 bits per heavy atom. The van der Waals surface area contributed by atoms with Crippen LogP contribution in [0.5, 0.6) is 0 Å². The quantitative estimate of drug-likeness (QED) is 0.761. The van der Waals surface area contributed by atoms with Gasteiger partial charge in [0.2, 0.25) is 5.91 Å². The summed E-state index contributed by atoms with van der Waals surface area (Å²) in [5, 5.41) is 14.0. The Hall–Kier alpha value is -2.36. The van der Waals surface area contributed by atoms with E-state index in [1.54, 1.807) is 11.8 Å². The van der Waals surface area contributed by atoms with Gasteiger partial charge in [-0.15, -0.1) is 5.10 Å². The number of carbonyl (C=O) groups is 2. The fourth-order valence-corrected chi connectivity index (χ4v) is 6.08. The molecule has 31 heavy (non-hydrogen) atoms. The SMILES string of the molecule is Cc1cccc(CC(=O)N2C[C@H]3O[C@]4(C2)CN(C(=O)c2snnc2C)C[C@@H]4[C@@H]3CO)c1. The molecule has 0 aliphatic carbocycles. The first kappa shape index (κ1) is 20.5. The van der Waals surface area contributed by atoms with Gasteiger partial charge in [-0.3, -0.25) is 9.59 Å². The van der Waals surface area contributed by atoms with Crippen molar-refractivity contribution >= 4 is 23.3 Å². The summed E-state index contributed by atoms with van der Waals surface area (Å²) in [4.78, 5) is 30.4. The predicted molar refractivity (Wildman–Crippen MR) is 114 cm³/mol. The minimum Gasteiger partial charge on any atom is -0.396 e. The number of aryl methyl sites for hydroxylation is 2. The number of likely N-dealkylation sites (tertiary alicyclic amines) is 2. The average Bonchev–Trinajstić information content (AvgIpc) is 3.37. The Kier molecular flexibility index (Phi) is 5.07. The van der Waals surface area contributed by atoms with Gasteiger partial charge in [0.15, 0.2) is 0 Å². The monoisotopic (exact) mass is 442 g/mol. The lowest BCUT2D eigenvalue weighted by molar-refractivity contribution is -0.152. The van der Waals surface area contributed by atoms with Gasteiger partial charge in [0.25, 0.3) is 5.91 Å². The van der Waals surface area contributed by atoms with E-state index in [2.05, 4.69) is 9.59 Å². The number of hydrogen-bond donors (Lipinski definition) is 1. The Balaban J connectivity index is 1.36. The maximum absolute atomic E-state index is 13.1. The van der Waals surface area contributed by atoms with Gasteiger partial charge >= 0.3 is 0 Å². The number of amides is 2. The van der Waals surface area contributed by atoms with Gasteiger partial charge < -0.3 is 19.6 Å². The van der Waals surface area contributed by atoms with E-state index in [-0.39, 0.29) is 36.4 Å². The fraction of sp³-hybridized carbons (Fsp3) is 0.545. The first-order valence-electron chi connectivity index (χ1n) is 10.6. The van der Waals surface area contributed by atoms with Crippen LogP contribution in [0, 0.1) is 25.7 Å². The topological polar surface area (TPSA) is 95.9 Å². The van der Waals surface area contributed by atoms with Crippen LogP contribution in [-0.4, -0.2) is 80.8 Å². The molecule has 1 spiro atoms. The molecule has 4 heterocycles. The van der Waals surface area contributed by atoms with Crippen LogP contribution >= 0.6 is 11.5 Å². The first-order valence-corrected chi connectivity index (χ1v) is 11.4. The van der Waals surface area contributed by atoms with Crippen molar-refractivity contribution in [2.24, 2.45) is 11.8 Å². The molecule has 4 atom stereocenters. The van der Waals surface area contributed by atoms with E-state index in [9.17, 15) is 14.7 Å². The predicted octanol–water partition coefficient (Wildman–Crippen LogP) is 1.06. The smallest absolute Gasteiger partial charge is 0.267 e. The van der Waals surface area contributed by atoms with Crippen LogP contribution in [0.15, 0.2) is 24.3 Å². The number of ether oxygens (including phenoxy) is 1. The summed E-state index contributed by atoms with van der Waals surface area (Å²) in [6.45, 7) is 5.64. The molecule has 2 bridgehead atoms. The second-order valence-corrected chi connectivity index (χ2v) is 9.74. The second kappa shape index (κ2) is 7.65. The van der Waals surface area contributed by atoms with Gasteiger partial charge in [-0.1, -0.05) is 34.3 Å². The molecule has 1 N–H and O–H groups in total. The van der Waals surface area contributed by atoms with Gasteiger partial charge in [0.05, 0.1) is 31.3 Å². The number of aliphatic hydroxyl groups excluding tert-OH is 1. The lowest BCUT2D eigenvalue weighted by Crippen LogP contribution is -2.56. The highest BCUT2D eigenvalue weighted by Crippen LogP contribution is 2.49. The van der Waals surface area contributed by atoms with E-state index in [1.807, 2.05) is 36.1 Å². The number of fused-ring (bicyclic) bond motifs is 1. The van der Waals surface area contributed by atoms with Gasteiger partial charge in [-0.2, -0.15) is 0 Å². The summed E-state index contributed by atoms with van der Waals surface area (Å²) in [6, 6.07) is 7.99. The zero-order valence-corrected chi connectivity index (χ0v) is 18.5. The molecule has 0 saturated carbocycles. The molecule has 164 valence electrons. The van der Waals surface area contributed by atoms with E-state index < -0.39 is 5.60 Å². The van der Waals surface area contributed by atoms with Crippen molar-refractivity contribution in [2.45, 2.75) is 32.0 Å². The highest BCUT2D eigenvalue weighted by Gasteiger charge is 2.63. The molecular formula is C22H26N4O4S. The number of carbonyl (C=O) groups excluding carboxylic acids is 2. The van der Waals surface area contributed by atoms with Crippen LogP contribution in [-0.2, 0) is 16.0 Å². The Morgan fingerprint density at radius 2 is 2.06 bits per heavy atom. The fourth-order valence-electron chi connectivity index (χ4n) is 5.46. The Morgan fingerprint density at radius 1 is 1.26 bits per heavy atom. The van der Waals surface area contributed by atoms with E-state index in [4.69, 9.17) is 4.74 Å². The van der Waals surface area contributed by atoms with E-state index in [1.165, 1.54) is 0 Å². The molecule has 3 saturated heterocycles. The molecule has 3 aliphatic rings. The third kappa shape index (κ3) is 3.44. The van der Waals surface area contributed by atoms with Crippen LogP contribution < -0.4 is 0 Å². The number of morpholine rings is 1. The van der Waals surface area contributed by atoms with Crippen LogP contribution in [0.4, 0.5) is 0 Å². The van der Waals surface area contributed by atoms with Crippen molar-refractivity contribution in [1.82, 2.24) is 19.4 Å². The average molecular weight is 443 g/mol. The van der Waals surface area contributed by atoms with Gasteiger partial charge in [-0.05, 0) is 30.9 Å². The first-order chi connectivity index (χ1) is 14.9. The lowest BCUT2D eigenvalue weighted by atomic mass is 9.83. The van der Waals surface area contributed by atoms with Gasteiger partial charge in [0, 0.05) is 31.5 Å². The summed E-state index contributed by atoms with van der Waals surface area (Å²) < 4.78 is 10.3. The summed E-state index contributed by atoms with van der Waals surface area (Å²) >= 11 is 1.10. The highest BCUT2D eigenvalue weighted by molar-refractivity contribution is 7.07.